The van der Waals surface area contributed by atoms with Crippen LogP contribution in [-0.4, -0.2) is 24.7 Å². The Balaban J connectivity index is 2.18. The third-order valence-electron chi connectivity index (χ3n) is 3.44. The Bertz CT molecular complexity index is 522. The molecule has 0 aliphatic rings. The fraction of sp³-hybridized carbons (Fsp3) is 0.471. The van der Waals surface area contributed by atoms with Gasteiger partial charge in [0.25, 0.3) is 0 Å². The van der Waals surface area contributed by atoms with E-state index in [-0.39, 0.29) is 0 Å². The molecular formula is C17H24N2O. The maximum Gasteiger partial charge on any atom is 0.0484 e. The fourth-order valence-electron chi connectivity index (χ4n) is 2.50. The second-order valence-electron chi connectivity index (χ2n) is 4.96. The highest BCUT2D eigenvalue weighted by molar-refractivity contribution is 5.85. The Kier molecular flexibility index (Phi) is 5.96. The minimum Gasteiger partial charge on any atom is -0.381 e. The number of nitrogens with one attached hydrogen (secondary N) is 1. The Labute approximate surface area is 121 Å². The summed E-state index contributed by atoms with van der Waals surface area (Å²) in [5.41, 5.74) is 1.32. The predicted molar refractivity (Wildman–Crippen MR) is 83.9 cm³/mol. The topological polar surface area (TPSA) is 34.1 Å². The summed E-state index contributed by atoms with van der Waals surface area (Å²) in [7, 11) is 0. The third kappa shape index (κ3) is 3.78. The average Bonchev–Trinajstić information content (AvgIpc) is 2.50. The predicted octanol–water partition coefficient (Wildman–Crippen LogP) is 3.70. The zero-order chi connectivity index (χ0) is 14.2. The van der Waals surface area contributed by atoms with Crippen molar-refractivity contribution in [1.29, 1.82) is 0 Å². The van der Waals surface area contributed by atoms with Crippen molar-refractivity contribution in [3.8, 4) is 0 Å². The van der Waals surface area contributed by atoms with Gasteiger partial charge < -0.3 is 10.1 Å². The second-order valence-corrected chi connectivity index (χ2v) is 4.96. The van der Waals surface area contributed by atoms with E-state index >= 15 is 0 Å². The third-order valence-corrected chi connectivity index (χ3v) is 3.44. The highest BCUT2D eigenvalue weighted by Crippen LogP contribution is 2.25. The average molecular weight is 272 g/mol. The summed E-state index contributed by atoms with van der Waals surface area (Å²) in [6.45, 7) is 6.87. The summed E-state index contributed by atoms with van der Waals surface area (Å²) in [5.74, 6) is 0. The van der Waals surface area contributed by atoms with Gasteiger partial charge in [0, 0.05) is 37.0 Å². The van der Waals surface area contributed by atoms with Crippen molar-refractivity contribution < 1.29 is 4.74 Å². The van der Waals surface area contributed by atoms with Crippen LogP contribution < -0.4 is 5.32 Å². The normalized spacial score (nSPS) is 12.7. The van der Waals surface area contributed by atoms with Crippen LogP contribution >= 0.6 is 0 Å². The molecule has 0 radical (unpaired) electrons. The number of hydrogen-bond acceptors (Lipinski definition) is 3. The molecule has 0 bridgehead atoms. The number of rotatable bonds is 8. The zero-order valence-electron chi connectivity index (χ0n) is 12.4. The van der Waals surface area contributed by atoms with Crippen LogP contribution in [0.1, 0.15) is 38.3 Å². The number of fused-ring (bicyclic) bond motifs is 1. The molecule has 1 N–H and O–H groups in total. The molecule has 108 valence electrons. The summed E-state index contributed by atoms with van der Waals surface area (Å²) in [5, 5.41) is 6.04. The first-order chi connectivity index (χ1) is 9.86. The summed E-state index contributed by atoms with van der Waals surface area (Å²) in [4.78, 5) is 4.27. The standard InChI is InChI=1S/C17H24N2O/c1-3-11-20-12-9-17(19-4-2)15-7-5-6-14-8-10-18-13-16(14)15/h5-8,10,13,17,19H,3-4,9,11-12H2,1-2H3. The molecule has 2 aromatic rings. The van der Waals surface area contributed by atoms with Gasteiger partial charge in [-0.15, -0.1) is 0 Å². The van der Waals surface area contributed by atoms with Crippen LogP contribution in [0.4, 0.5) is 0 Å². The highest BCUT2D eigenvalue weighted by Gasteiger charge is 2.13. The number of aromatic nitrogens is 1. The van der Waals surface area contributed by atoms with Gasteiger partial charge in [-0.2, -0.15) is 0 Å². The van der Waals surface area contributed by atoms with Gasteiger partial charge in [0.15, 0.2) is 0 Å². The van der Waals surface area contributed by atoms with E-state index < -0.39 is 0 Å². The van der Waals surface area contributed by atoms with Crippen LogP contribution in [-0.2, 0) is 4.74 Å². The lowest BCUT2D eigenvalue weighted by Crippen LogP contribution is -2.22. The number of hydrogen-bond donors (Lipinski definition) is 1. The van der Waals surface area contributed by atoms with Crippen LogP contribution in [0.2, 0.25) is 0 Å². The van der Waals surface area contributed by atoms with Crippen molar-refractivity contribution in [3.05, 3.63) is 42.2 Å². The zero-order valence-corrected chi connectivity index (χ0v) is 12.4. The van der Waals surface area contributed by atoms with Crippen molar-refractivity contribution in [2.75, 3.05) is 19.8 Å². The smallest absolute Gasteiger partial charge is 0.0484 e. The molecule has 1 heterocycles. The molecule has 1 aromatic heterocycles. The molecule has 1 atom stereocenters. The molecule has 1 aromatic carbocycles. The van der Waals surface area contributed by atoms with Crippen LogP contribution in [0.15, 0.2) is 36.7 Å². The van der Waals surface area contributed by atoms with Crippen LogP contribution in [0.25, 0.3) is 10.8 Å². The van der Waals surface area contributed by atoms with Gasteiger partial charge in [0.05, 0.1) is 0 Å². The molecule has 0 aliphatic heterocycles. The molecule has 0 aliphatic carbocycles. The lowest BCUT2D eigenvalue weighted by molar-refractivity contribution is 0.125. The fourth-order valence-corrected chi connectivity index (χ4v) is 2.50. The molecule has 3 nitrogen and oxygen atoms in total. The van der Waals surface area contributed by atoms with E-state index in [1.54, 1.807) is 0 Å². The Morgan fingerprint density at radius 3 is 2.90 bits per heavy atom. The van der Waals surface area contributed by atoms with Crippen molar-refractivity contribution in [2.24, 2.45) is 0 Å². The number of benzene rings is 1. The van der Waals surface area contributed by atoms with Gasteiger partial charge in [0.1, 0.15) is 0 Å². The van der Waals surface area contributed by atoms with E-state index in [0.717, 1.165) is 32.6 Å². The van der Waals surface area contributed by atoms with E-state index in [1.165, 1.54) is 16.3 Å². The van der Waals surface area contributed by atoms with Crippen molar-refractivity contribution >= 4 is 10.8 Å². The minimum atomic E-state index is 0.324. The Morgan fingerprint density at radius 2 is 2.10 bits per heavy atom. The van der Waals surface area contributed by atoms with Crippen molar-refractivity contribution in [1.82, 2.24) is 10.3 Å². The molecule has 2 rings (SSSR count). The van der Waals surface area contributed by atoms with Gasteiger partial charge in [-0.25, -0.2) is 0 Å². The molecule has 0 saturated heterocycles. The number of ether oxygens (including phenoxy) is 1. The molecule has 20 heavy (non-hydrogen) atoms. The summed E-state index contributed by atoms with van der Waals surface area (Å²) >= 11 is 0. The first-order valence-electron chi connectivity index (χ1n) is 7.50. The number of nitrogens with zero attached hydrogens (tertiary/aromatic N) is 1. The monoisotopic (exact) mass is 272 g/mol. The van der Waals surface area contributed by atoms with E-state index in [9.17, 15) is 0 Å². The Morgan fingerprint density at radius 1 is 1.20 bits per heavy atom. The van der Waals surface area contributed by atoms with Crippen molar-refractivity contribution in [2.45, 2.75) is 32.7 Å². The number of pyridine rings is 1. The van der Waals surface area contributed by atoms with Crippen molar-refractivity contribution in [3.63, 3.8) is 0 Å². The molecule has 0 saturated carbocycles. The first kappa shape index (κ1) is 14.9. The SMILES string of the molecule is CCCOCCC(NCC)c1cccc2ccncc12. The molecule has 0 amide bonds. The van der Waals surface area contributed by atoms with E-state index in [2.05, 4.69) is 48.4 Å². The van der Waals surface area contributed by atoms with Gasteiger partial charge in [-0.05, 0) is 36.4 Å². The molecule has 0 spiro atoms. The van der Waals surface area contributed by atoms with Gasteiger partial charge in [-0.3, -0.25) is 4.98 Å². The summed E-state index contributed by atoms with van der Waals surface area (Å²) in [6.07, 6.45) is 5.87. The quantitative estimate of drug-likeness (QED) is 0.744. The van der Waals surface area contributed by atoms with Crippen LogP contribution in [0.5, 0.6) is 0 Å². The maximum absolute atomic E-state index is 5.64. The summed E-state index contributed by atoms with van der Waals surface area (Å²) < 4.78 is 5.64. The van der Waals surface area contributed by atoms with Gasteiger partial charge in [-0.1, -0.05) is 32.0 Å². The first-order valence-corrected chi connectivity index (χ1v) is 7.50. The summed E-state index contributed by atoms with van der Waals surface area (Å²) in [6, 6.07) is 8.84. The van der Waals surface area contributed by atoms with E-state index in [0.29, 0.717) is 6.04 Å². The van der Waals surface area contributed by atoms with Gasteiger partial charge in [0.2, 0.25) is 0 Å². The van der Waals surface area contributed by atoms with E-state index in [1.807, 2.05) is 12.4 Å². The molecule has 0 fully saturated rings. The maximum atomic E-state index is 5.64. The largest absolute Gasteiger partial charge is 0.381 e. The highest BCUT2D eigenvalue weighted by atomic mass is 16.5. The minimum absolute atomic E-state index is 0.324. The molecular weight excluding hydrogens is 248 g/mol. The molecule has 1 unspecified atom stereocenters. The molecule has 3 heteroatoms. The van der Waals surface area contributed by atoms with Gasteiger partial charge >= 0.3 is 0 Å². The van der Waals surface area contributed by atoms with E-state index in [4.69, 9.17) is 4.74 Å². The lowest BCUT2D eigenvalue weighted by atomic mass is 9.98. The lowest BCUT2D eigenvalue weighted by Gasteiger charge is -2.20. The van der Waals surface area contributed by atoms with Crippen LogP contribution in [0, 0.1) is 0 Å². The van der Waals surface area contributed by atoms with Crippen LogP contribution in [0.3, 0.4) is 0 Å². The second kappa shape index (κ2) is 7.98. The Hall–Kier alpha value is -1.45.